The minimum atomic E-state index is -0.309. The summed E-state index contributed by atoms with van der Waals surface area (Å²) in [7, 11) is 0. The van der Waals surface area contributed by atoms with Crippen LogP contribution in [0.4, 0.5) is 5.69 Å². The normalized spacial score (nSPS) is 32.5. The van der Waals surface area contributed by atoms with Gasteiger partial charge in [0.25, 0.3) is 0 Å². The van der Waals surface area contributed by atoms with Crippen LogP contribution in [0.15, 0.2) is 18.2 Å². The number of rotatable bonds is 2. The quantitative estimate of drug-likeness (QED) is 0.817. The van der Waals surface area contributed by atoms with Crippen molar-refractivity contribution in [2.24, 2.45) is 5.41 Å². The van der Waals surface area contributed by atoms with E-state index in [1.165, 1.54) is 0 Å². The van der Waals surface area contributed by atoms with Crippen LogP contribution in [-0.4, -0.2) is 47.7 Å². The number of carbonyl (C=O) groups is 1. The molecule has 1 saturated carbocycles. The standard InChI is InChI=1S/C20H26Cl2N2O2/c21-16-3-1-4-17(22)18(16)23-11-2-9-20(13-23)10-12-24(19(20)26)14-5-7-15(25)8-6-14/h1,3-4,14-15,25H,2,5-13H2/t14?,15?,20-/m1/s1. The van der Waals surface area contributed by atoms with Crippen LogP contribution in [-0.2, 0) is 4.79 Å². The molecule has 4 rings (SSSR count). The van der Waals surface area contributed by atoms with Gasteiger partial charge in [0.05, 0.1) is 27.3 Å². The first kappa shape index (κ1) is 18.4. The van der Waals surface area contributed by atoms with E-state index in [0.29, 0.717) is 28.5 Å². The zero-order valence-corrected chi connectivity index (χ0v) is 16.5. The van der Waals surface area contributed by atoms with Crippen LogP contribution in [0.3, 0.4) is 0 Å². The first-order valence-corrected chi connectivity index (χ1v) is 10.4. The molecule has 0 unspecified atom stereocenters. The first-order chi connectivity index (χ1) is 12.5. The Morgan fingerprint density at radius 2 is 1.73 bits per heavy atom. The molecule has 4 nitrogen and oxygen atoms in total. The average molecular weight is 397 g/mol. The third kappa shape index (κ3) is 3.21. The summed E-state index contributed by atoms with van der Waals surface area (Å²) < 4.78 is 0. The zero-order valence-electron chi connectivity index (χ0n) is 15.0. The Bertz CT molecular complexity index is 670. The molecule has 1 aromatic rings. The largest absolute Gasteiger partial charge is 0.393 e. The number of carbonyl (C=O) groups excluding carboxylic acids is 1. The van der Waals surface area contributed by atoms with Gasteiger partial charge in [0.2, 0.25) is 5.91 Å². The summed E-state index contributed by atoms with van der Waals surface area (Å²) in [5.74, 6) is 0.298. The molecule has 3 aliphatic rings. The van der Waals surface area contributed by atoms with E-state index in [-0.39, 0.29) is 11.5 Å². The predicted octanol–water partition coefficient (Wildman–Crippen LogP) is 4.12. The number of benzene rings is 1. The van der Waals surface area contributed by atoms with Crippen LogP contribution in [0.5, 0.6) is 0 Å². The predicted molar refractivity (Wildman–Crippen MR) is 105 cm³/mol. The Morgan fingerprint density at radius 1 is 1.04 bits per heavy atom. The van der Waals surface area contributed by atoms with Crippen molar-refractivity contribution < 1.29 is 9.90 Å². The van der Waals surface area contributed by atoms with E-state index in [0.717, 1.165) is 63.7 Å². The Morgan fingerprint density at radius 3 is 2.42 bits per heavy atom. The van der Waals surface area contributed by atoms with E-state index in [2.05, 4.69) is 9.80 Å². The van der Waals surface area contributed by atoms with Gasteiger partial charge in [-0.2, -0.15) is 0 Å². The van der Waals surface area contributed by atoms with Crippen molar-refractivity contribution in [2.75, 3.05) is 24.5 Å². The number of likely N-dealkylation sites (tertiary alicyclic amines) is 1. The van der Waals surface area contributed by atoms with Gasteiger partial charge in [0, 0.05) is 25.7 Å². The summed E-state index contributed by atoms with van der Waals surface area (Å²) in [4.78, 5) is 17.7. The molecule has 0 aromatic heterocycles. The molecule has 0 radical (unpaired) electrons. The smallest absolute Gasteiger partial charge is 0.230 e. The molecule has 0 bridgehead atoms. The minimum absolute atomic E-state index is 0.189. The molecule has 1 aliphatic carbocycles. The van der Waals surface area contributed by atoms with Crippen LogP contribution in [0.25, 0.3) is 0 Å². The fourth-order valence-corrected chi connectivity index (χ4v) is 5.69. The number of halogens is 2. The second-order valence-electron chi connectivity index (χ2n) is 8.09. The highest BCUT2D eigenvalue weighted by atomic mass is 35.5. The van der Waals surface area contributed by atoms with E-state index < -0.39 is 0 Å². The lowest BCUT2D eigenvalue weighted by Crippen LogP contribution is -2.50. The molecule has 1 N–H and O–H groups in total. The zero-order chi connectivity index (χ0) is 18.3. The number of amides is 1. The Labute approximate surface area is 165 Å². The molecule has 2 aliphatic heterocycles. The molecule has 1 amide bonds. The second-order valence-corrected chi connectivity index (χ2v) is 8.90. The SMILES string of the molecule is O=C1N(C2CCC(O)CC2)CC[C@@]12CCCN(c1c(Cl)cccc1Cl)C2. The Balaban J connectivity index is 1.53. The van der Waals surface area contributed by atoms with Crippen molar-refractivity contribution in [3.05, 3.63) is 28.2 Å². The number of piperidine rings is 1. The molecule has 6 heteroatoms. The van der Waals surface area contributed by atoms with E-state index in [1.54, 1.807) is 0 Å². The van der Waals surface area contributed by atoms with Crippen molar-refractivity contribution in [3.63, 3.8) is 0 Å². The van der Waals surface area contributed by atoms with E-state index in [9.17, 15) is 9.90 Å². The summed E-state index contributed by atoms with van der Waals surface area (Å²) in [5.41, 5.74) is 0.554. The summed E-state index contributed by atoms with van der Waals surface area (Å²) in [6, 6.07) is 5.87. The maximum atomic E-state index is 13.4. The lowest BCUT2D eigenvalue weighted by molar-refractivity contribution is -0.139. The van der Waals surface area contributed by atoms with Crippen LogP contribution >= 0.6 is 23.2 Å². The van der Waals surface area contributed by atoms with Gasteiger partial charge in [-0.15, -0.1) is 0 Å². The van der Waals surface area contributed by atoms with E-state index in [1.807, 2.05) is 18.2 Å². The van der Waals surface area contributed by atoms with Crippen molar-refractivity contribution in [2.45, 2.75) is 57.1 Å². The molecule has 26 heavy (non-hydrogen) atoms. The first-order valence-electron chi connectivity index (χ1n) is 9.68. The molecule has 2 saturated heterocycles. The third-order valence-corrected chi connectivity index (χ3v) is 7.09. The number of aliphatic hydroxyl groups is 1. The maximum absolute atomic E-state index is 13.4. The molecule has 2 heterocycles. The highest BCUT2D eigenvalue weighted by molar-refractivity contribution is 6.39. The molecule has 1 atom stereocenters. The number of hydrogen-bond donors (Lipinski definition) is 1. The highest BCUT2D eigenvalue weighted by Crippen LogP contribution is 2.45. The molecule has 142 valence electrons. The van der Waals surface area contributed by atoms with Crippen molar-refractivity contribution in [3.8, 4) is 0 Å². The fraction of sp³-hybridized carbons (Fsp3) is 0.650. The van der Waals surface area contributed by atoms with Crippen molar-refractivity contribution >= 4 is 34.8 Å². The number of aliphatic hydroxyl groups excluding tert-OH is 1. The van der Waals surface area contributed by atoms with Gasteiger partial charge in [0.1, 0.15) is 0 Å². The summed E-state index contributed by atoms with van der Waals surface area (Å²) in [6.07, 6.45) is 6.09. The van der Waals surface area contributed by atoms with Gasteiger partial charge in [-0.3, -0.25) is 4.79 Å². The van der Waals surface area contributed by atoms with Crippen molar-refractivity contribution in [1.82, 2.24) is 4.90 Å². The number of para-hydroxylation sites is 1. The molecular formula is C20H26Cl2N2O2. The Kier molecular flexibility index (Phi) is 5.10. The van der Waals surface area contributed by atoms with Crippen molar-refractivity contribution in [1.29, 1.82) is 0 Å². The highest BCUT2D eigenvalue weighted by Gasteiger charge is 2.50. The van der Waals surface area contributed by atoms with Gasteiger partial charge >= 0.3 is 0 Å². The molecular weight excluding hydrogens is 371 g/mol. The van der Waals surface area contributed by atoms with Crippen LogP contribution in [0.2, 0.25) is 10.0 Å². The van der Waals surface area contributed by atoms with E-state index >= 15 is 0 Å². The lowest BCUT2D eigenvalue weighted by Gasteiger charge is -2.42. The topological polar surface area (TPSA) is 43.8 Å². The summed E-state index contributed by atoms with van der Waals surface area (Å²) >= 11 is 12.8. The number of nitrogens with zero attached hydrogens (tertiary/aromatic N) is 2. The van der Waals surface area contributed by atoms with Crippen LogP contribution in [0.1, 0.15) is 44.9 Å². The van der Waals surface area contributed by atoms with Gasteiger partial charge in [-0.25, -0.2) is 0 Å². The third-order valence-electron chi connectivity index (χ3n) is 6.48. The van der Waals surface area contributed by atoms with Crippen LogP contribution in [0, 0.1) is 5.41 Å². The van der Waals surface area contributed by atoms with Crippen LogP contribution < -0.4 is 4.90 Å². The second kappa shape index (κ2) is 7.21. The summed E-state index contributed by atoms with van der Waals surface area (Å²) in [5, 5.41) is 11.1. The van der Waals surface area contributed by atoms with Gasteiger partial charge < -0.3 is 14.9 Å². The monoisotopic (exact) mass is 396 g/mol. The minimum Gasteiger partial charge on any atom is -0.393 e. The molecule has 1 spiro atoms. The Hall–Kier alpha value is -0.970. The van der Waals surface area contributed by atoms with E-state index in [4.69, 9.17) is 23.2 Å². The van der Waals surface area contributed by atoms with Gasteiger partial charge in [-0.1, -0.05) is 29.3 Å². The molecule has 3 fully saturated rings. The fourth-order valence-electron chi connectivity index (χ4n) is 5.06. The lowest BCUT2D eigenvalue weighted by atomic mass is 9.78. The summed E-state index contributed by atoms with van der Waals surface area (Å²) in [6.45, 7) is 2.42. The van der Waals surface area contributed by atoms with Gasteiger partial charge in [-0.05, 0) is 57.1 Å². The van der Waals surface area contributed by atoms with Gasteiger partial charge in [0.15, 0.2) is 0 Å². The number of anilines is 1. The maximum Gasteiger partial charge on any atom is 0.230 e. The average Bonchev–Trinajstić information content (AvgIpc) is 2.92. The number of hydrogen-bond acceptors (Lipinski definition) is 3. The molecule has 1 aromatic carbocycles.